The van der Waals surface area contributed by atoms with Gasteiger partial charge in [-0.15, -0.1) is 0 Å². The van der Waals surface area contributed by atoms with E-state index in [-0.39, 0.29) is 5.78 Å². The first-order valence-electron chi connectivity index (χ1n) is 8.07. The van der Waals surface area contributed by atoms with Gasteiger partial charge in [0.2, 0.25) is 5.78 Å². The summed E-state index contributed by atoms with van der Waals surface area (Å²) in [4.78, 5) is 36.1. The fourth-order valence-corrected chi connectivity index (χ4v) is 2.64. The van der Waals surface area contributed by atoms with Gasteiger partial charge in [-0.05, 0) is 11.1 Å². The van der Waals surface area contributed by atoms with E-state index in [0.717, 1.165) is 11.1 Å². The zero-order valence-corrected chi connectivity index (χ0v) is 14.9. The summed E-state index contributed by atoms with van der Waals surface area (Å²) in [6.45, 7) is 6.22. The van der Waals surface area contributed by atoms with Gasteiger partial charge in [0.05, 0.1) is 0 Å². The van der Waals surface area contributed by atoms with E-state index in [1.54, 1.807) is 26.0 Å². The molecule has 0 aliphatic carbocycles. The molecule has 0 aromatic heterocycles. The lowest BCUT2D eigenvalue weighted by molar-refractivity contribution is -0.155. The third kappa shape index (κ3) is 3.38. The Balaban J connectivity index is 2.33. The molecule has 0 aliphatic heterocycles. The topological polar surface area (TPSA) is 71.4 Å². The third-order valence-corrected chi connectivity index (χ3v) is 5.15. The third-order valence-electron chi connectivity index (χ3n) is 5.15. The molecule has 25 heavy (non-hydrogen) atoms. The fourth-order valence-electron chi connectivity index (χ4n) is 2.64. The second-order valence-corrected chi connectivity index (χ2v) is 7.16. The van der Waals surface area contributed by atoms with Gasteiger partial charge in [-0.2, -0.15) is 0 Å². The molecular formula is C21H22O4. The number of hydrogen-bond donors (Lipinski definition) is 1. The molecule has 0 radical (unpaired) electrons. The SMILES string of the molecule is CC(C)(C(=O)C(=O)O)C(C)(C)C(=O)c1ccc(-c2ccccc2)cc1. The molecule has 0 atom stereocenters. The number of carboxylic acids is 1. The largest absolute Gasteiger partial charge is 0.475 e. The zero-order valence-electron chi connectivity index (χ0n) is 14.9. The molecule has 0 bridgehead atoms. The molecule has 1 N–H and O–H groups in total. The second kappa shape index (κ2) is 6.63. The molecule has 0 saturated heterocycles. The highest BCUT2D eigenvalue weighted by atomic mass is 16.4. The minimum absolute atomic E-state index is 0.258. The standard InChI is InChI=1S/C21H22O4/c1-20(2,21(3,4)18(23)19(24)25)17(22)16-12-10-15(11-13-16)14-8-6-5-7-9-14/h5-13H,1-4H3,(H,24,25). The van der Waals surface area contributed by atoms with E-state index >= 15 is 0 Å². The molecule has 0 fully saturated rings. The molecule has 130 valence electrons. The van der Waals surface area contributed by atoms with Crippen LogP contribution in [0.1, 0.15) is 38.1 Å². The first-order valence-corrected chi connectivity index (χ1v) is 8.07. The highest BCUT2D eigenvalue weighted by Crippen LogP contribution is 2.42. The summed E-state index contributed by atoms with van der Waals surface area (Å²) in [7, 11) is 0. The maximum absolute atomic E-state index is 12.9. The molecule has 0 amide bonds. The fraction of sp³-hybridized carbons (Fsp3) is 0.286. The van der Waals surface area contributed by atoms with Crippen LogP contribution in [0.2, 0.25) is 0 Å². The maximum Gasteiger partial charge on any atom is 0.372 e. The smallest absolute Gasteiger partial charge is 0.372 e. The summed E-state index contributed by atoms with van der Waals surface area (Å²) in [5.41, 5.74) is -0.000915. The monoisotopic (exact) mass is 338 g/mol. The van der Waals surface area contributed by atoms with Crippen molar-refractivity contribution in [3.63, 3.8) is 0 Å². The Kier molecular flexibility index (Phi) is 4.93. The van der Waals surface area contributed by atoms with E-state index in [1.165, 1.54) is 13.8 Å². The summed E-state index contributed by atoms with van der Waals surface area (Å²) < 4.78 is 0. The lowest BCUT2D eigenvalue weighted by Crippen LogP contribution is -2.47. The van der Waals surface area contributed by atoms with Gasteiger partial charge in [0, 0.05) is 16.4 Å². The summed E-state index contributed by atoms with van der Waals surface area (Å²) in [5.74, 6) is -2.75. The van der Waals surface area contributed by atoms with Crippen LogP contribution in [0.25, 0.3) is 11.1 Å². The summed E-state index contributed by atoms with van der Waals surface area (Å²) >= 11 is 0. The summed E-state index contributed by atoms with van der Waals surface area (Å²) in [5, 5.41) is 9.03. The van der Waals surface area contributed by atoms with Crippen molar-refractivity contribution in [2.24, 2.45) is 10.8 Å². The Bertz CT molecular complexity index is 800. The van der Waals surface area contributed by atoms with E-state index in [2.05, 4.69) is 0 Å². The second-order valence-electron chi connectivity index (χ2n) is 7.16. The van der Waals surface area contributed by atoms with Crippen molar-refractivity contribution in [3.8, 4) is 11.1 Å². The van der Waals surface area contributed by atoms with Gasteiger partial charge in [-0.3, -0.25) is 9.59 Å². The minimum Gasteiger partial charge on any atom is -0.475 e. The van der Waals surface area contributed by atoms with Crippen LogP contribution in [0.3, 0.4) is 0 Å². The highest BCUT2D eigenvalue weighted by molar-refractivity contribution is 6.35. The van der Waals surface area contributed by atoms with E-state index in [0.29, 0.717) is 5.56 Å². The average molecular weight is 338 g/mol. The Labute approximate surface area is 147 Å². The Morgan fingerprint density at radius 1 is 0.720 bits per heavy atom. The summed E-state index contributed by atoms with van der Waals surface area (Å²) in [6.07, 6.45) is 0. The Morgan fingerprint density at radius 3 is 1.68 bits per heavy atom. The molecular weight excluding hydrogens is 316 g/mol. The van der Waals surface area contributed by atoms with E-state index < -0.39 is 22.6 Å². The van der Waals surface area contributed by atoms with Crippen LogP contribution in [0.4, 0.5) is 0 Å². The molecule has 0 saturated carbocycles. The van der Waals surface area contributed by atoms with Gasteiger partial charge in [0.1, 0.15) is 0 Å². The lowest BCUT2D eigenvalue weighted by atomic mass is 9.62. The highest BCUT2D eigenvalue weighted by Gasteiger charge is 2.50. The van der Waals surface area contributed by atoms with Crippen LogP contribution in [0.15, 0.2) is 54.6 Å². The molecule has 2 aromatic rings. The van der Waals surface area contributed by atoms with Gasteiger partial charge >= 0.3 is 5.97 Å². The van der Waals surface area contributed by atoms with Crippen molar-refractivity contribution in [2.75, 3.05) is 0 Å². The normalized spacial score (nSPS) is 11.8. The Morgan fingerprint density at radius 2 is 1.20 bits per heavy atom. The van der Waals surface area contributed by atoms with Crippen LogP contribution in [0, 0.1) is 10.8 Å². The van der Waals surface area contributed by atoms with E-state index in [1.807, 2.05) is 42.5 Å². The molecule has 4 nitrogen and oxygen atoms in total. The molecule has 0 aliphatic rings. The number of ketones is 2. The van der Waals surface area contributed by atoms with Crippen molar-refractivity contribution in [2.45, 2.75) is 27.7 Å². The van der Waals surface area contributed by atoms with Crippen molar-refractivity contribution in [3.05, 3.63) is 60.2 Å². The van der Waals surface area contributed by atoms with Gasteiger partial charge < -0.3 is 5.11 Å². The van der Waals surface area contributed by atoms with Crippen molar-refractivity contribution < 1.29 is 19.5 Å². The first-order chi connectivity index (χ1) is 11.6. The first kappa shape index (κ1) is 18.6. The predicted octanol–water partition coefficient (Wildman–Crippen LogP) is 4.24. The van der Waals surface area contributed by atoms with Gasteiger partial charge in [-0.1, -0.05) is 82.3 Å². The molecule has 2 rings (SSSR count). The van der Waals surface area contributed by atoms with Crippen LogP contribution in [-0.2, 0) is 9.59 Å². The number of aliphatic carboxylic acids is 1. The van der Waals surface area contributed by atoms with Crippen LogP contribution >= 0.6 is 0 Å². The number of hydrogen-bond acceptors (Lipinski definition) is 3. The summed E-state index contributed by atoms with van der Waals surface area (Å²) in [6, 6.07) is 16.9. The number of carbonyl (C=O) groups excluding carboxylic acids is 2. The van der Waals surface area contributed by atoms with Gasteiger partial charge in [0.15, 0.2) is 5.78 Å². The van der Waals surface area contributed by atoms with Crippen LogP contribution < -0.4 is 0 Å². The molecule has 0 spiro atoms. The van der Waals surface area contributed by atoms with Crippen LogP contribution in [-0.4, -0.2) is 22.6 Å². The zero-order chi connectivity index (χ0) is 18.8. The number of Topliss-reactive ketones (excluding diaryl/α,β-unsaturated/α-hetero) is 2. The van der Waals surface area contributed by atoms with Gasteiger partial charge in [-0.25, -0.2) is 4.79 Å². The van der Waals surface area contributed by atoms with Gasteiger partial charge in [0.25, 0.3) is 0 Å². The number of rotatable bonds is 6. The minimum atomic E-state index is -1.52. The van der Waals surface area contributed by atoms with E-state index in [9.17, 15) is 14.4 Å². The number of carbonyl (C=O) groups is 3. The molecule has 0 heterocycles. The van der Waals surface area contributed by atoms with Crippen molar-refractivity contribution >= 4 is 17.5 Å². The average Bonchev–Trinajstić information content (AvgIpc) is 2.61. The Hall–Kier alpha value is -2.75. The predicted molar refractivity (Wildman–Crippen MR) is 96.4 cm³/mol. The maximum atomic E-state index is 12.9. The molecule has 4 heteroatoms. The number of benzene rings is 2. The van der Waals surface area contributed by atoms with Crippen LogP contribution in [0.5, 0.6) is 0 Å². The van der Waals surface area contributed by atoms with Crippen molar-refractivity contribution in [1.82, 2.24) is 0 Å². The molecule has 2 aromatic carbocycles. The number of carboxylic acid groups (broad SMARTS) is 1. The quantitative estimate of drug-likeness (QED) is 0.631. The lowest BCUT2D eigenvalue weighted by Gasteiger charge is -2.37. The van der Waals surface area contributed by atoms with E-state index in [4.69, 9.17) is 5.11 Å². The molecule has 0 unspecified atom stereocenters. The van der Waals surface area contributed by atoms with Crippen molar-refractivity contribution in [1.29, 1.82) is 0 Å².